The summed E-state index contributed by atoms with van der Waals surface area (Å²) < 4.78 is 8.75. The molecule has 4 N–H and O–H groups in total. The van der Waals surface area contributed by atoms with Crippen molar-refractivity contribution in [3.05, 3.63) is 21.7 Å². The van der Waals surface area contributed by atoms with E-state index in [1.165, 1.54) is 0 Å². The van der Waals surface area contributed by atoms with Gasteiger partial charge in [0.25, 0.3) is 5.69 Å². The minimum Gasteiger partial charge on any atom is -0.504 e. The molecular weight excluding hydrogens is 226 g/mol. The molecule has 1 aromatic rings. The number of rotatable bonds is 3. The van der Waals surface area contributed by atoms with Gasteiger partial charge in [0.05, 0.1) is 17.1 Å². The highest BCUT2D eigenvalue weighted by Gasteiger charge is 2.26. The Kier molecular flexibility index (Phi) is 3.35. The Hall–Kier alpha value is -1.51. The van der Waals surface area contributed by atoms with Crippen LogP contribution >= 0.6 is 12.0 Å². The van der Waals surface area contributed by atoms with Gasteiger partial charge in [-0.25, -0.2) is 0 Å². The van der Waals surface area contributed by atoms with E-state index in [0.717, 1.165) is 6.07 Å². The van der Waals surface area contributed by atoms with Gasteiger partial charge in [0.15, 0.2) is 16.4 Å². The number of nitro groups is 1. The molecule has 0 bridgehead atoms. The van der Waals surface area contributed by atoms with Crippen LogP contribution in [0.1, 0.15) is 5.56 Å². The minimum absolute atomic E-state index is 0.0687. The SMILES string of the molecule is O=[N+]([O-])c1c(CO)cc(O)c(O)c1SO. The van der Waals surface area contributed by atoms with Crippen LogP contribution < -0.4 is 0 Å². The number of aliphatic hydroxyl groups is 1. The Labute approximate surface area is 88.0 Å². The van der Waals surface area contributed by atoms with Crippen LogP contribution in [0.25, 0.3) is 0 Å². The van der Waals surface area contributed by atoms with E-state index < -0.39 is 33.6 Å². The third-order valence-corrected chi connectivity index (χ3v) is 2.30. The third kappa shape index (κ3) is 1.96. The van der Waals surface area contributed by atoms with E-state index in [0.29, 0.717) is 0 Å². The van der Waals surface area contributed by atoms with Crippen molar-refractivity contribution in [2.45, 2.75) is 11.5 Å². The normalized spacial score (nSPS) is 10.3. The van der Waals surface area contributed by atoms with Crippen molar-refractivity contribution in [3.8, 4) is 11.5 Å². The maximum atomic E-state index is 10.6. The highest BCUT2D eigenvalue weighted by atomic mass is 32.2. The summed E-state index contributed by atoms with van der Waals surface area (Å²) in [6, 6.07) is 0.868. The van der Waals surface area contributed by atoms with Crippen LogP contribution in [0.2, 0.25) is 0 Å². The molecule has 0 aliphatic rings. The zero-order valence-electron chi connectivity index (χ0n) is 7.25. The van der Waals surface area contributed by atoms with E-state index in [-0.39, 0.29) is 17.6 Å². The standard InChI is InChI=1S/C7H7NO6S/c9-2-3-1-4(10)6(11)7(15-14)5(3)8(12)13/h1,9-11,14H,2H2. The molecule has 0 spiro atoms. The molecule has 0 aromatic heterocycles. The predicted molar refractivity (Wildman–Crippen MR) is 50.8 cm³/mol. The Bertz CT molecular complexity index is 407. The first-order valence-electron chi connectivity index (χ1n) is 3.67. The lowest BCUT2D eigenvalue weighted by Crippen LogP contribution is -1.98. The van der Waals surface area contributed by atoms with Gasteiger partial charge in [-0.05, 0) is 6.07 Å². The molecule has 15 heavy (non-hydrogen) atoms. The molecule has 0 saturated heterocycles. The molecule has 1 rings (SSSR count). The molecule has 0 saturated carbocycles. The molecule has 0 aliphatic heterocycles. The fraction of sp³-hybridized carbons (Fsp3) is 0.143. The number of phenolic OH excluding ortho intramolecular Hbond substituents is 2. The van der Waals surface area contributed by atoms with Crippen LogP contribution in [0.4, 0.5) is 5.69 Å². The molecule has 0 unspecified atom stereocenters. The van der Waals surface area contributed by atoms with Crippen LogP contribution in [0, 0.1) is 10.1 Å². The van der Waals surface area contributed by atoms with E-state index in [4.69, 9.17) is 14.8 Å². The Morgan fingerprint density at radius 1 is 1.47 bits per heavy atom. The second kappa shape index (κ2) is 4.34. The molecule has 1 aromatic carbocycles. The highest BCUT2D eigenvalue weighted by molar-refractivity contribution is 7.94. The number of phenols is 2. The zero-order valence-corrected chi connectivity index (χ0v) is 8.06. The fourth-order valence-corrected chi connectivity index (χ4v) is 1.57. The summed E-state index contributed by atoms with van der Waals surface area (Å²) in [6.45, 7) is -0.683. The molecule has 0 atom stereocenters. The largest absolute Gasteiger partial charge is 0.504 e. The Morgan fingerprint density at radius 3 is 2.47 bits per heavy atom. The number of hydrogen-bond acceptors (Lipinski definition) is 7. The average Bonchev–Trinajstić information content (AvgIpc) is 2.20. The number of nitro benzene ring substituents is 1. The van der Waals surface area contributed by atoms with Crippen LogP contribution in [0.15, 0.2) is 11.0 Å². The second-order valence-electron chi connectivity index (χ2n) is 2.59. The first kappa shape index (κ1) is 11.6. The first-order valence-corrected chi connectivity index (χ1v) is 4.44. The van der Waals surface area contributed by atoms with Gasteiger partial charge in [-0.2, -0.15) is 0 Å². The van der Waals surface area contributed by atoms with Gasteiger partial charge in [-0.15, -0.1) is 0 Å². The van der Waals surface area contributed by atoms with Gasteiger partial charge >= 0.3 is 0 Å². The summed E-state index contributed by atoms with van der Waals surface area (Å²) in [6.07, 6.45) is 0. The van der Waals surface area contributed by atoms with Crippen molar-refractivity contribution in [1.29, 1.82) is 0 Å². The van der Waals surface area contributed by atoms with Crippen molar-refractivity contribution in [3.63, 3.8) is 0 Å². The van der Waals surface area contributed by atoms with Crippen molar-refractivity contribution in [2.75, 3.05) is 0 Å². The molecule has 0 radical (unpaired) electrons. The van der Waals surface area contributed by atoms with Crippen LogP contribution in [-0.4, -0.2) is 24.8 Å². The summed E-state index contributed by atoms with van der Waals surface area (Å²) >= 11 is -0.0687. The van der Waals surface area contributed by atoms with Gasteiger partial charge in [0, 0.05) is 12.0 Å². The smallest absolute Gasteiger partial charge is 0.294 e. The number of hydrogen-bond donors (Lipinski definition) is 4. The monoisotopic (exact) mass is 233 g/mol. The molecule has 0 fully saturated rings. The third-order valence-electron chi connectivity index (χ3n) is 1.73. The topological polar surface area (TPSA) is 124 Å². The summed E-state index contributed by atoms with van der Waals surface area (Å²) in [5, 5.41) is 37.8. The molecule has 0 heterocycles. The van der Waals surface area contributed by atoms with Crippen molar-refractivity contribution >= 4 is 17.7 Å². The maximum absolute atomic E-state index is 10.6. The summed E-state index contributed by atoms with van der Waals surface area (Å²) in [5.41, 5.74) is -0.813. The minimum atomic E-state index is -0.858. The van der Waals surface area contributed by atoms with E-state index in [2.05, 4.69) is 0 Å². The maximum Gasteiger partial charge on any atom is 0.294 e. The van der Waals surface area contributed by atoms with E-state index in [9.17, 15) is 15.2 Å². The van der Waals surface area contributed by atoms with Crippen molar-refractivity contribution in [2.24, 2.45) is 0 Å². The number of benzene rings is 1. The van der Waals surface area contributed by atoms with E-state index in [1.54, 1.807) is 0 Å². The number of aliphatic hydroxyl groups excluding tert-OH is 1. The zero-order chi connectivity index (χ0) is 11.6. The molecular formula is C7H7NO6S. The number of nitrogens with zero attached hydrogens (tertiary/aromatic N) is 1. The lowest BCUT2D eigenvalue weighted by molar-refractivity contribution is -0.388. The molecule has 0 aliphatic carbocycles. The average molecular weight is 233 g/mol. The quantitative estimate of drug-likeness (QED) is 0.266. The van der Waals surface area contributed by atoms with Gasteiger partial charge in [0.1, 0.15) is 0 Å². The van der Waals surface area contributed by atoms with E-state index in [1.807, 2.05) is 0 Å². The van der Waals surface area contributed by atoms with Crippen LogP contribution in [-0.2, 0) is 6.61 Å². The molecule has 0 amide bonds. The lowest BCUT2D eigenvalue weighted by Gasteiger charge is -2.07. The summed E-state index contributed by atoms with van der Waals surface area (Å²) in [5.74, 6) is -1.42. The second-order valence-corrected chi connectivity index (χ2v) is 3.18. The molecule has 7 nitrogen and oxygen atoms in total. The van der Waals surface area contributed by atoms with Crippen molar-refractivity contribution < 1.29 is 24.8 Å². The van der Waals surface area contributed by atoms with Crippen LogP contribution in [0.5, 0.6) is 11.5 Å². The fourth-order valence-electron chi connectivity index (χ4n) is 1.08. The summed E-state index contributed by atoms with van der Waals surface area (Å²) in [4.78, 5) is 9.25. The molecule has 8 heteroatoms. The predicted octanol–water partition coefficient (Wildman–Crippen LogP) is 1.06. The Morgan fingerprint density at radius 2 is 2.07 bits per heavy atom. The summed E-state index contributed by atoms with van der Waals surface area (Å²) in [7, 11) is 0. The van der Waals surface area contributed by atoms with Gasteiger partial charge in [-0.3, -0.25) is 10.1 Å². The Balaban J connectivity index is 3.56. The van der Waals surface area contributed by atoms with Gasteiger partial charge < -0.3 is 19.9 Å². The van der Waals surface area contributed by atoms with Gasteiger partial charge in [-0.1, -0.05) is 0 Å². The van der Waals surface area contributed by atoms with Crippen LogP contribution in [0.3, 0.4) is 0 Å². The van der Waals surface area contributed by atoms with Crippen molar-refractivity contribution in [1.82, 2.24) is 0 Å². The van der Waals surface area contributed by atoms with E-state index >= 15 is 0 Å². The lowest BCUT2D eigenvalue weighted by atomic mass is 10.1. The first-order chi connectivity index (χ1) is 7.02. The number of aromatic hydroxyl groups is 2. The molecule has 82 valence electrons. The van der Waals surface area contributed by atoms with Gasteiger partial charge in [0.2, 0.25) is 0 Å². The highest BCUT2D eigenvalue weighted by Crippen LogP contribution is 2.43.